The summed E-state index contributed by atoms with van der Waals surface area (Å²) in [6, 6.07) is -0.720. The molecule has 0 saturated carbocycles. The average molecular weight is 407 g/mol. The number of unbranched alkanes of at least 4 members (excludes halogenated alkanes) is 2. The fourth-order valence-electron chi connectivity index (χ4n) is 2.53. The van der Waals surface area contributed by atoms with E-state index in [0.29, 0.717) is 38.4 Å². The summed E-state index contributed by atoms with van der Waals surface area (Å²) < 4.78 is 0. The molecule has 8 nitrogen and oxygen atoms in total. The number of hydrogen-bond donors (Lipinski definition) is 5. The average Bonchev–Trinajstić information content (AvgIpc) is 2.63. The number of nitrogens with zero attached hydrogens (tertiary/aromatic N) is 1. The molecule has 0 heterocycles. The highest BCUT2D eigenvalue weighted by atomic mass is 16.4. The monoisotopic (exact) mass is 406 g/mol. The molecule has 0 aliphatic carbocycles. The highest BCUT2D eigenvalue weighted by Gasteiger charge is 2.18. The van der Waals surface area contributed by atoms with E-state index >= 15 is 0 Å². The van der Waals surface area contributed by atoms with Crippen LogP contribution in [0.2, 0.25) is 0 Å². The molecule has 0 fully saturated rings. The number of aliphatic hydroxyl groups is 3. The second kappa shape index (κ2) is 20.5. The van der Waals surface area contributed by atoms with Crippen LogP contribution in [-0.4, -0.2) is 82.7 Å². The standard InChI is InChI=1S/C14H27NO3.C6H15NO3/c1-4-5-9-12(14(17)18)15-13(16)10-7-6-8-11(2)3;8-4-1-7(2-5-9)3-6-10/h11-12H,4-10H2,1-3H3,(H,15,16)(H,17,18);8-10H,1-6H2. The maximum Gasteiger partial charge on any atom is 0.326 e. The number of hydrogen-bond acceptors (Lipinski definition) is 6. The van der Waals surface area contributed by atoms with E-state index in [4.69, 9.17) is 20.4 Å². The van der Waals surface area contributed by atoms with Crippen LogP contribution in [0, 0.1) is 5.92 Å². The van der Waals surface area contributed by atoms with Crippen molar-refractivity contribution in [1.29, 1.82) is 0 Å². The van der Waals surface area contributed by atoms with Crippen LogP contribution < -0.4 is 5.32 Å². The first-order valence-electron chi connectivity index (χ1n) is 10.4. The first-order chi connectivity index (χ1) is 13.3. The SMILES string of the molecule is CCCCC(NC(=O)CCCCC(C)C)C(=O)O.OCCN(CCO)CCO. The molecule has 1 atom stereocenters. The first-order valence-corrected chi connectivity index (χ1v) is 10.4. The Morgan fingerprint density at radius 3 is 1.82 bits per heavy atom. The van der Waals surface area contributed by atoms with Gasteiger partial charge in [0.25, 0.3) is 0 Å². The van der Waals surface area contributed by atoms with E-state index in [1.807, 2.05) is 6.92 Å². The Balaban J connectivity index is 0. The number of rotatable bonds is 16. The van der Waals surface area contributed by atoms with Gasteiger partial charge in [-0.15, -0.1) is 0 Å². The molecule has 0 radical (unpaired) electrons. The predicted molar refractivity (Wildman–Crippen MR) is 110 cm³/mol. The summed E-state index contributed by atoms with van der Waals surface area (Å²) in [4.78, 5) is 24.3. The summed E-state index contributed by atoms with van der Waals surface area (Å²) in [6.07, 6.45) is 5.69. The summed E-state index contributed by atoms with van der Waals surface area (Å²) in [6.45, 7) is 8.08. The zero-order chi connectivity index (χ0) is 21.8. The zero-order valence-electron chi connectivity index (χ0n) is 17.9. The molecule has 0 rings (SSSR count). The Morgan fingerprint density at radius 1 is 0.893 bits per heavy atom. The number of carboxylic acids is 1. The third-order valence-electron chi connectivity index (χ3n) is 4.16. The van der Waals surface area contributed by atoms with Gasteiger partial charge in [-0.1, -0.05) is 46.5 Å². The van der Waals surface area contributed by atoms with E-state index in [9.17, 15) is 9.59 Å². The largest absolute Gasteiger partial charge is 0.480 e. The second-order valence-electron chi connectivity index (χ2n) is 7.25. The molecule has 28 heavy (non-hydrogen) atoms. The molecule has 0 aliphatic heterocycles. The number of nitrogens with one attached hydrogen (secondary N) is 1. The normalized spacial score (nSPS) is 11.9. The molecule has 0 spiro atoms. The Labute approximate surface area is 169 Å². The number of amides is 1. The Hall–Kier alpha value is -1.22. The van der Waals surface area contributed by atoms with Crippen molar-refractivity contribution in [3.05, 3.63) is 0 Å². The highest BCUT2D eigenvalue weighted by molar-refractivity contribution is 5.83. The molecule has 0 aromatic heterocycles. The molecule has 0 bridgehead atoms. The van der Waals surface area contributed by atoms with Crippen molar-refractivity contribution in [1.82, 2.24) is 10.2 Å². The topological polar surface area (TPSA) is 130 Å². The number of aliphatic carboxylic acids is 1. The highest BCUT2D eigenvalue weighted by Crippen LogP contribution is 2.08. The lowest BCUT2D eigenvalue weighted by Crippen LogP contribution is -2.40. The van der Waals surface area contributed by atoms with Crippen molar-refractivity contribution in [2.75, 3.05) is 39.5 Å². The van der Waals surface area contributed by atoms with Crippen molar-refractivity contribution in [2.24, 2.45) is 5.92 Å². The van der Waals surface area contributed by atoms with E-state index in [-0.39, 0.29) is 25.7 Å². The van der Waals surface area contributed by atoms with Crippen LogP contribution in [0.1, 0.15) is 65.7 Å². The summed E-state index contributed by atoms with van der Waals surface area (Å²) in [5.41, 5.74) is 0. The number of carbonyl (C=O) groups is 2. The lowest BCUT2D eigenvalue weighted by atomic mass is 10.0. The zero-order valence-corrected chi connectivity index (χ0v) is 17.9. The minimum atomic E-state index is -0.931. The van der Waals surface area contributed by atoms with Crippen molar-refractivity contribution >= 4 is 11.9 Å². The summed E-state index contributed by atoms with van der Waals surface area (Å²) in [5, 5.41) is 37.0. The van der Waals surface area contributed by atoms with Crippen molar-refractivity contribution in [2.45, 2.75) is 71.8 Å². The molecule has 8 heteroatoms. The third-order valence-corrected chi connectivity index (χ3v) is 4.16. The second-order valence-corrected chi connectivity index (χ2v) is 7.25. The van der Waals surface area contributed by atoms with Crippen molar-refractivity contribution in [3.8, 4) is 0 Å². The van der Waals surface area contributed by atoms with Crippen LogP contribution in [-0.2, 0) is 9.59 Å². The molecule has 168 valence electrons. The van der Waals surface area contributed by atoms with Crippen LogP contribution in [0.25, 0.3) is 0 Å². The van der Waals surface area contributed by atoms with E-state index in [2.05, 4.69) is 19.2 Å². The minimum absolute atomic E-state index is 0.0694. The van der Waals surface area contributed by atoms with Crippen LogP contribution in [0.3, 0.4) is 0 Å². The van der Waals surface area contributed by atoms with Crippen molar-refractivity contribution < 1.29 is 30.0 Å². The van der Waals surface area contributed by atoms with E-state index in [1.54, 1.807) is 4.90 Å². The fourth-order valence-corrected chi connectivity index (χ4v) is 2.53. The molecule has 0 aromatic carbocycles. The van der Waals surface area contributed by atoms with Crippen LogP contribution in [0.4, 0.5) is 0 Å². The van der Waals surface area contributed by atoms with E-state index in [1.165, 1.54) is 0 Å². The molecule has 0 aromatic rings. The lowest BCUT2D eigenvalue weighted by molar-refractivity contribution is -0.142. The molecule has 1 amide bonds. The van der Waals surface area contributed by atoms with Gasteiger partial charge in [-0.25, -0.2) is 4.79 Å². The van der Waals surface area contributed by atoms with Crippen LogP contribution in [0.5, 0.6) is 0 Å². The Morgan fingerprint density at radius 2 is 1.43 bits per heavy atom. The van der Waals surface area contributed by atoms with Gasteiger partial charge in [-0.05, 0) is 18.8 Å². The fraction of sp³-hybridized carbons (Fsp3) is 0.900. The van der Waals surface area contributed by atoms with Gasteiger partial charge in [0, 0.05) is 26.1 Å². The molecule has 0 aliphatic rings. The van der Waals surface area contributed by atoms with Gasteiger partial charge < -0.3 is 25.7 Å². The molecular weight excluding hydrogens is 364 g/mol. The molecule has 1 unspecified atom stereocenters. The number of carbonyl (C=O) groups excluding carboxylic acids is 1. The number of aliphatic hydroxyl groups excluding tert-OH is 3. The first kappa shape index (κ1) is 29.0. The maximum absolute atomic E-state index is 11.6. The molecular formula is C20H42N2O6. The minimum Gasteiger partial charge on any atom is -0.480 e. The van der Waals surface area contributed by atoms with E-state index < -0.39 is 12.0 Å². The predicted octanol–water partition coefficient (Wildman–Crippen LogP) is 1.23. The Kier molecular flexibility index (Phi) is 21.2. The summed E-state index contributed by atoms with van der Waals surface area (Å²) in [5.74, 6) is -0.411. The van der Waals surface area contributed by atoms with Gasteiger partial charge >= 0.3 is 5.97 Å². The van der Waals surface area contributed by atoms with Gasteiger partial charge in [0.05, 0.1) is 19.8 Å². The van der Waals surface area contributed by atoms with Gasteiger partial charge in [0.2, 0.25) is 5.91 Å². The van der Waals surface area contributed by atoms with Crippen molar-refractivity contribution in [3.63, 3.8) is 0 Å². The number of carboxylic acid groups (broad SMARTS) is 1. The lowest BCUT2D eigenvalue weighted by Gasteiger charge is -2.17. The summed E-state index contributed by atoms with van der Waals surface area (Å²) in [7, 11) is 0. The van der Waals surface area contributed by atoms with Gasteiger partial charge in [-0.2, -0.15) is 0 Å². The van der Waals surface area contributed by atoms with Crippen LogP contribution in [0.15, 0.2) is 0 Å². The van der Waals surface area contributed by atoms with Gasteiger partial charge in [0.1, 0.15) is 6.04 Å². The summed E-state index contributed by atoms with van der Waals surface area (Å²) >= 11 is 0. The Bertz CT molecular complexity index is 365. The quantitative estimate of drug-likeness (QED) is 0.244. The van der Waals surface area contributed by atoms with Gasteiger partial charge in [-0.3, -0.25) is 9.69 Å². The maximum atomic E-state index is 11.6. The molecule has 0 saturated heterocycles. The smallest absolute Gasteiger partial charge is 0.326 e. The molecule has 5 N–H and O–H groups in total. The van der Waals surface area contributed by atoms with E-state index in [0.717, 1.165) is 32.1 Å². The third kappa shape index (κ3) is 19.5. The van der Waals surface area contributed by atoms with Crippen LogP contribution >= 0.6 is 0 Å². The van der Waals surface area contributed by atoms with Gasteiger partial charge in [0.15, 0.2) is 0 Å².